The zero-order chi connectivity index (χ0) is 18.0. The van der Waals surface area contributed by atoms with E-state index in [9.17, 15) is 4.79 Å². The first-order valence-corrected chi connectivity index (χ1v) is 8.50. The van der Waals surface area contributed by atoms with Crippen LogP contribution in [0.5, 0.6) is 0 Å². The predicted octanol–water partition coefficient (Wildman–Crippen LogP) is 3.41. The lowest BCUT2D eigenvalue weighted by Crippen LogP contribution is -2.30. The molecule has 0 aliphatic heterocycles. The van der Waals surface area contributed by atoms with Crippen LogP contribution in [0.15, 0.2) is 36.5 Å². The average Bonchev–Trinajstić information content (AvgIpc) is 2.89. The van der Waals surface area contributed by atoms with Crippen molar-refractivity contribution in [3.63, 3.8) is 0 Å². The third-order valence-corrected chi connectivity index (χ3v) is 4.40. The van der Waals surface area contributed by atoms with Gasteiger partial charge in [0.25, 0.3) is 5.91 Å². The van der Waals surface area contributed by atoms with Gasteiger partial charge in [0.2, 0.25) is 0 Å². The minimum Gasteiger partial charge on any atom is -0.383 e. The Labute approximate surface area is 148 Å². The topological polar surface area (TPSA) is 58.4 Å². The van der Waals surface area contributed by atoms with E-state index in [2.05, 4.69) is 47.7 Å². The summed E-state index contributed by atoms with van der Waals surface area (Å²) in [6.07, 6.45) is 1.94. The van der Waals surface area contributed by atoms with Crippen molar-refractivity contribution in [1.82, 2.24) is 14.7 Å². The zero-order valence-electron chi connectivity index (χ0n) is 15.2. The Bertz CT molecular complexity index is 927. The minimum atomic E-state index is -0.0995. The van der Waals surface area contributed by atoms with Crippen LogP contribution in [0.4, 0.5) is 5.69 Å². The highest BCUT2D eigenvalue weighted by Gasteiger charge is 2.16. The van der Waals surface area contributed by atoms with Crippen LogP contribution in [-0.2, 0) is 0 Å². The Morgan fingerprint density at radius 2 is 1.84 bits per heavy atom. The number of rotatable bonds is 5. The van der Waals surface area contributed by atoms with Gasteiger partial charge in [0.05, 0.1) is 5.69 Å². The number of aryl methyl sites for hydroxylation is 4. The second-order valence-corrected chi connectivity index (χ2v) is 6.46. The van der Waals surface area contributed by atoms with Gasteiger partial charge in [-0.1, -0.05) is 12.1 Å². The summed E-state index contributed by atoms with van der Waals surface area (Å²) in [6.45, 7) is 9.28. The molecule has 3 aromatic rings. The number of amides is 1. The summed E-state index contributed by atoms with van der Waals surface area (Å²) >= 11 is 0. The first kappa shape index (κ1) is 17.0. The molecule has 5 heteroatoms. The molecule has 0 unspecified atom stereocenters. The summed E-state index contributed by atoms with van der Waals surface area (Å²) in [4.78, 5) is 17.0. The molecule has 2 heterocycles. The van der Waals surface area contributed by atoms with E-state index in [1.165, 1.54) is 11.1 Å². The fourth-order valence-corrected chi connectivity index (χ4v) is 2.86. The molecule has 1 aromatic carbocycles. The highest BCUT2D eigenvalue weighted by atomic mass is 16.1. The molecule has 0 spiro atoms. The first-order chi connectivity index (χ1) is 12.0. The molecule has 25 heavy (non-hydrogen) atoms. The lowest BCUT2D eigenvalue weighted by atomic mass is 10.1. The second kappa shape index (κ2) is 6.97. The summed E-state index contributed by atoms with van der Waals surface area (Å²) in [6, 6.07) is 10.2. The summed E-state index contributed by atoms with van der Waals surface area (Å²) in [7, 11) is 0. The van der Waals surface area contributed by atoms with Gasteiger partial charge in [0.15, 0.2) is 0 Å². The fourth-order valence-electron chi connectivity index (χ4n) is 2.86. The molecule has 0 aliphatic rings. The molecule has 2 N–H and O–H groups in total. The van der Waals surface area contributed by atoms with E-state index < -0.39 is 0 Å². The molecule has 0 radical (unpaired) electrons. The van der Waals surface area contributed by atoms with Crippen LogP contribution < -0.4 is 10.6 Å². The molecule has 0 fully saturated rings. The summed E-state index contributed by atoms with van der Waals surface area (Å²) in [5.74, 6) is -0.0995. The lowest BCUT2D eigenvalue weighted by molar-refractivity contribution is 0.0948. The van der Waals surface area contributed by atoms with Gasteiger partial charge in [-0.2, -0.15) is 0 Å². The number of aromatic nitrogens is 2. The number of hydrogen-bond acceptors (Lipinski definition) is 3. The van der Waals surface area contributed by atoms with Crippen LogP contribution in [0, 0.1) is 27.7 Å². The second-order valence-electron chi connectivity index (χ2n) is 6.46. The third kappa shape index (κ3) is 3.65. The van der Waals surface area contributed by atoms with E-state index in [-0.39, 0.29) is 5.91 Å². The van der Waals surface area contributed by atoms with E-state index in [1.54, 1.807) is 0 Å². The van der Waals surface area contributed by atoms with Gasteiger partial charge in [-0.3, -0.25) is 9.20 Å². The van der Waals surface area contributed by atoms with Crippen molar-refractivity contribution in [1.29, 1.82) is 0 Å². The van der Waals surface area contributed by atoms with Crippen LogP contribution >= 0.6 is 0 Å². The normalized spacial score (nSPS) is 10.9. The van der Waals surface area contributed by atoms with Crippen molar-refractivity contribution in [2.75, 3.05) is 18.4 Å². The van der Waals surface area contributed by atoms with Gasteiger partial charge in [-0.15, -0.1) is 0 Å². The van der Waals surface area contributed by atoms with E-state index in [0.717, 1.165) is 22.6 Å². The molecule has 3 rings (SSSR count). The Kier molecular flexibility index (Phi) is 4.74. The van der Waals surface area contributed by atoms with Crippen molar-refractivity contribution >= 4 is 17.2 Å². The van der Waals surface area contributed by atoms with Crippen molar-refractivity contribution in [2.45, 2.75) is 27.7 Å². The van der Waals surface area contributed by atoms with Crippen molar-refractivity contribution < 1.29 is 4.79 Å². The van der Waals surface area contributed by atoms with E-state index in [1.807, 2.05) is 36.6 Å². The molecule has 0 saturated carbocycles. The maximum Gasteiger partial charge on any atom is 0.270 e. The molecule has 5 nitrogen and oxygen atoms in total. The number of nitrogens with zero attached hydrogens (tertiary/aromatic N) is 2. The number of anilines is 1. The summed E-state index contributed by atoms with van der Waals surface area (Å²) in [5.41, 5.74) is 6.83. The standard InChI is InChI=1S/C20H24N4O/c1-13-5-8-18-23-16(4)19(24(18)12-13)20(25)22-10-9-21-17-7-6-14(2)15(3)11-17/h5-8,11-12,21H,9-10H2,1-4H3,(H,22,25). The Hall–Kier alpha value is -2.82. The Balaban J connectivity index is 1.62. The maximum absolute atomic E-state index is 12.6. The number of benzene rings is 1. The zero-order valence-corrected chi connectivity index (χ0v) is 15.2. The van der Waals surface area contributed by atoms with Gasteiger partial charge < -0.3 is 10.6 Å². The van der Waals surface area contributed by atoms with Gasteiger partial charge in [-0.25, -0.2) is 4.98 Å². The fraction of sp³-hybridized carbons (Fsp3) is 0.300. The number of fused-ring (bicyclic) bond motifs is 1. The highest BCUT2D eigenvalue weighted by Crippen LogP contribution is 2.14. The molecular weight excluding hydrogens is 312 g/mol. The van der Waals surface area contributed by atoms with Gasteiger partial charge in [0, 0.05) is 25.0 Å². The maximum atomic E-state index is 12.6. The number of carbonyl (C=O) groups excluding carboxylic acids is 1. The monoisotopic (exact) mass is 336 g/mol. The van der Waals surface area contributed by atoms with Crippen LogP contribution in [-0.4, -0.2) is 28.4 Å². The van der Waals surface area contributed by atoms with Crippen LogP contribution in [0.2, 0.25) is 0 Å². The molecule has 0 saturated heterocycles. The number of carbonyl (C=O) groups is 1. The quantitative estimate of drug-likeness (QED) is 0.702. The number of hydrogen-bond donors (Lipinski definition) is 2. The molecule has 0 bridgehead atoms. The van der Waals surface area contributed by atoms with Crippen molar-refractivity contribution in [3.8, 4) is 0 Å². The highest BCUT2D eigenvalue weighted by molar-refractivity contribution is 5.94. The molecule has 0 aliphatic carbocycles. The smallest absolute Gasteiger partial charge is 0.270 e. The average molecular weight is 336 g/mol. The number of nitrogens with one attached hydrogen (secondary N) is 2. The molecule has 2 aromatic heterocycles. The van der Waals surface area contributed by atoms with E-state index in [0.29, 0.717) is 18.8 Å². The third-order valence-electron chi connectivity index (χ3n) is 4.40. The molecule has 0 atom stereocenters. The largest absolute Gasteiger partial charge is 0.383 e. The van der Waals surface area contributed by atoms with E-state index in [4.69, 9.17) is 0 Å². The minimum absolute atomic E-state index is 0.0995. The Morgan fingerprint density at radius 1 is 1.04 bits per heavy atom. The Morgan fingerprint density at radius 3 is 2.60 bits per heavy atom. The summed E-state index contributed by atoms with van der Waals surface area (Å²) < 4.78 is 1.86. The van der Waals surface area contributed by atoms with Crippen molar-refractivity contribution in [2.24, 2.45) is 0 Å². The van der Waals surface area contributed by atoms with Crippen molar-refractivity contribution in [3.05, 3.63) is 64.6 Å². The predicted molar refractivity (Wildman–Crippen MR) is 101 cm³/mol. The number of imidazole rings is 1. The van der Waals surface area contributed by atoms with E-state index >= 15 is 0 Å². The van der Waals surface area contributed by atoms with Gasteiger partial charge >= 0.3 is 0 Å². The number of pyridine rings is 1. The summed E-state index contributed by atoms with van der Waals surface area (Å²) in [5, 5.41) is 6.31. The van der Waals surface area contributed by atoms with Gasteiger partial charge in [0.1, 0.15) is 11.3 Å². The molecular formula is C20H24N4O. The molecule has 1 amide bonds. The first-order valence-electron chi connectivity index (χ1n) is 8.50. The van der Waals surface area contributed by atoms with Gasteiger partial charge in [-0.05, 0) is 62.6 Å². The lowest BCUT2D eigenvalue weighted by Gasteiger charge is -2.10. The molecule has 130 valence electrons. The van der Waals surface area contributed by atoms with Crippen LogP contribution in [0.3, 0.4) is 0 Å². The van der Waals surface area contributed by atoms with Crippen LogP contribution in [0.25, 0.3) is 5.65 Å². The SMILES string of the molecule is Cc1ccc2nc(C)c(C(=O)NCCNc3ccc(C)c(C)c3)n2c1. The van der Waals surface area contributed by atoms with Crippen LogP contribution in [0.1, 0.15) is 32.9 Å².